The second-order valence-electron chi connectivity index (χ2n) is 7.02. The van der Waals surface area contributed by atoms with Crippen molar-refractivity contribution in [3.63, 3.8) is 0 Å². The van der Waals surface area contributed by atoms with Gasteiger partial charge in [-0.15, -0.1) is 0 Å². The van der Waals surface area contributed by atoms with Crippen LogP contribution in [0.1, 0.15) is 16.8 Å². The summed E-state index contributed by atoms with van der Waals surface area (Å²) in [6, 6.07) is 10.3. The minimum absolute atomic E-state index is 0.0977. The van der Waals surface area contributed by atoms with Crippen LogP contribution in [-0.4, -0.2) is 31.4 Å². The van der Waals surface area contributed by atoms with Gasteiger partial charge in [0, 0.05) is 48.5 Å². The lowest BCUT2D eigenvalue weighted by Gasteiger charge is -2.27. The largest absolute Gasteiger partial charge is 0.361 e. The zero-order valence-corrected chi connectivity index (χ0v) is 15.1. The van der Waals surface area contributed by atoms with E-state index in [0.29, 0.717) is 31.0 Å². The number of nitrogens with zero attached hydrogens (tertiary/aromatic N) is 3. The van der Waals surface area contributed by atoms with Crippen molar-refractivity contribution in [3.05, 3.63) is 81.8 Å². The maximum Gasteiger partial charge on any atom is 0.254 e. The minimum atomic E-state index is -0.245. The van der Waals surface area contributed by atoms with E-state index in [0.717, 1.165) is 34.3 Å². The van der Waals surface area contributed by atoms with Gasteiger partial charge in [0.15, 0.2) is 5.82 Å². The summed E-state index contributed by atoms with van der Waals surface area (Å²) in [4.78, 5) is 29.7. The maximum absolute atomic E-state index is 13.6. The number of hydrogen-bond donors (Lipinski definition) is 2. The summed E-state index contributed by atoms with van der Waals surface area (Å²) in [5, 5.41) is 0.888. The van der Waals surface area contributed by atoms with Gasteiger partial charge in [-0.2, -0.15) is 0 Å². The van der Waals surface area contributed by atoms with E-state index in [-0.39, 0.29) is 11.4 Å². The van der Waals surface area contributed by atoms with E-state index in [1.54, 1.807) is 18.3 Å². The number of hydrogen-bond acceptors (Lipinski definition) is 4. The van der Waals surface area contributed by atoms with E-state index >= 15 is 0 Å². The van der Waals surface area contributed by atoms with E-state index in [2.05, 4.69) is 24.8 Å². The Morgan fingerprint density at radius 1 is 1.21 bits per heavy atom. The molecule has 3 aromatic heterocycles. The van der Waals surface area contributed by atoms with E-state index in [1.807, 2.05) is 24.4 Å². The van der Waals surface area contributed by atoms with Crippen LogP contribution in [0.2, 0.25) is 0 Å². The Labute approximate surface area is 160 Å². The molecule has 0 bridgehead atoms. The van der Waals surface area contributed by atoms with Crippen molar-refractivity contribution in [1.29, 1.82) is 0 Å². The zero-order valence-electron chi connectivity index (χ0n) is 15.1. The van der Waals surface area contributed by atoms with Gasteiger partial charge in [-0.1, -0.05) is 6.07 Å². The highest BCUT2D eigenvalue weighted by atomic mass is 19.1. The number of fused-ring (bicyclic) bond motifs is 2. The van der Waals surface area contributed by atoms with Crippen molar-refractivity contribution in [2.45, 2.75) is 19.5 Å². The van der Waals surface area contributed by atoms with Gasteiger partial charge in [-0.3, -0.25) is 14.7 Å². The molecule has 4 heterocycles. The van der Waals surface area contributed by atoms with Gasteiger partial charge in [0.1, 0.15) is 11.5 Å². The fourth-order valence-electron chi connectivity index (χ4n) is 3.78. The second kappa shape index (κ2) is 6.69. The fraction of sp³-hybridized carbons (Fsp3) is 0.190. The Morgan fingerprint density at radius 2 is 2.14 bits per heavy atom. The number of aromatic nitrogens is 4. The lowest BCUT2D eigenvalue weighted by atomic mass is 10.1. The molecular weight excluding hydrogens is 357 g/mol. The molecule has 0 saturated heterocycles. The average Bonchev–Trinajstić information content (AvgIpc) is 3.10. The number of rotatable bonds is 3. The first-order valence-electron chi connectivity index (χ1n) is 9.19. The minimum Gasteiger partial charge on any atom is -0.361 e. The van der Waals surface area contributed by atoms with Crippen molar-refractivity contribution >= 4 is 10.9 Å². The van der Waals surface area contributed by atoms with E-state index < -0.39 is 0 Å². The quantitative estimate of drug-likeness (QED) is 0.577. The summed E-state index contributed by atoms with van der Waals surface area (Å²) in [5.41, 5.74) is 4.02. The van der Waals surface area contributed by atoms with Gasteiger partial charge in [0.2, 0.25) is 0 Å². The third-order valence-corrected chi connectivity index (χ3v) is 5.18. The molecule has 0 fully saturated rings. The van der Waals surface area contributed by atoms with Crippen LogP contribution in [0.4, 0.5) is 4.39 Å². The number of pyridine rings is 1. The maximum atomic E-state index is 13.6. The number of H-pyrrole nitrogens is 2. The molecule has 0 radical (unpaired) electrons. The van der Waals surface area contributed by atoms with E-state index in [9.17, 15) is 9.18 Å². The SMILES string of the molecule is O=c1[nH]c(-c2ccccn2)nc2c1CCN(Cc1c[nH]c3ccc(F)cc13)C2. The first kappa shape index (κ1) is 16.8. The molecule has 0 unspecified atom stereocenters. The molecule has 0 spiro atoms. The molecular formula is C21H18FN5O. The van der Waals surface area contributed by atoms with Crippen molar-refractivity contribution in [2.24, 2.45) is 0 Å². The molecule has 6 nitrogen and oxygen atoms in total. The molecule has 1 aliphatic rings. The monoisotopic (exact) mass is 375 g/mol. The third kappa shape index (κ3) is 2.99. The third-order valence-electron chi connectivity index (χ3n) is 5.18. The molecule has 140 valence electrons. The lowest BCUT2D eigenvalue weighted by molar-refractivity contribution is 0.241. The van der Waals surface area contributed by atoms with E-state index in [1.165, 1.54) is 6.07 Å². The summed E-state index contributed by atoms with van der Waals surface area (Å²) in [6.07, 6.45) is 4.23. The summed E-state index contributed by atoms with van der Waals surface area (Å²) in [6.45, 7) is 1.99. The molecule has 0 amide bonds. The van der Waals surface area contributed by atoms with Crippen molar-refractivity contribution < 1.29 is 4.39 Å². The van der Waals surface area contributed by atoms with Crippen LogP contribution in [0, 0.1) is 5.82 Å². The lowest BCUT2D eigenvalue weighted by Crippen LogP contribution is -2.35. The first-order valence-corrected chi connectivity index (χ1v) is 9.19. The highest BCUT2D eigenvalue weighted by Crippen LogP contribution is 2.24. The Balaban J connectivity index is 1.45. The summed E-state index contributed by atoms with van der Waals surface area (Å²) in [5.74, 6) is 0.242. The van der Waals surface area contributed by atoms with Crippen LogP contribution in [0.3, 0.4) is 0 Å². The second-order valence-corrected chi connectivity index (χ2v) is 7.02. The summed E-state index contributed by atoms with van der Waals surface area (Å²) in [7, 11) is 0. The van der Waals surface area contributed by atoms with Crippen molar-refractivity contribution in [2.75, 3.05) is 6.54 Å². The Bertz CT molecular complexity index is 1210. The molecule has 0 saturated carbocycles. The van der Waals surface area contributed by atoms with Gasteiger partial charge >= 0.3 is 0 Å². The van der Waals surface area contributed by atoms with Crippen LogP contribution in [0.15, 0.2) is 53.6 Å². The van der Waals surface area contributed by atoms with Crippen LogP contribution < -0.4 is 5.56 Å². The van der Waals surface area contributed by atoms with Gasteiger partial charge in [0.25, 0.3) is 5.56 Å². The normalized spacial score (nSPS) is 14.3. The Kier molecular flexibility index (Phi) is 4.02. The molecule has 4 aromatic rings. The van der Waals surface area contributed by atoms with Crippen LogP contribution in [-0.2, 0) is 19.5 Å². The highest BCUT2D eigenvalue weighted by molar-refractivity contribution is 5.83. The fourth-order valence-corrected chi connectivity index (χ4v) is 3.78. The van der Waals surface area contributed by atoms with Gasteiger partial charge in [-0.25, -0.2) is 9.37 Å². The van der Waals surface area contributed by atoms with Gasteiger partial charge in [-0.05, 0) is 42.3 Å². The van der Waals surface area contributed by atoms with Gasteiger partial charge in [0.05, 0.1) is 5.69 Å². The number of benzene rings is 1. The predicted molar refractivity (Wildman–Crippen MR) is 104 cm³/mol. The summed E-state index contributed by atoms with van der Waals surface area (Å²) >= 11 is 0. The Hall–Kier alpha value is -3.32. The highest BCUT2D eigenvalue weighted by Gasteiger charge is 2.22. The molecule has 1 aliphatic heterocycles. The predicted octanol–water partition coefficient (Wildman–Crippen LogP) is 3.01. The topological polar surface area (TPSA) is 77.7 Å². The van der Waals surface area contributed by atoms with Crippen LogP contribution >= 0.6 is 0 Å². The Morgan fingerprint density at radius 3 is 3.00 bits per heavy atom. The number of aromatic amines is 2. The van der Waals surface area contributed by atoms with Crippen LogP contribution in [0.25, 0.3) is 22.4 Å². The molecule has 5 rings (SSSR count). The first-order chi connectivity index (χ1) is 13.7. The average molecular weight is 375 g/mol. The van der Waals surface area contributed by atoms with Crippen molar-refractivity contribution in [3.8, 4) is 11.5 Å². The molecule has 28 heavy (non-hydrogen) atoms. The summed E-state index contributed by atoms with van der Waals surface area (Å²) < 4.78 is 13.6. The van der Waals surface area contributed by atoms with Crippen molar-refractivity contribution in [1.82, 2.24) is 24.8 Å². The smallest absolute Gasteiger partial charge is 0.254 e. The standard InChI is InChI=1S/C21H18FN5O/c22-14-4-5-17-16(9-14)13(10-24-17)11-27-8-6-15-19(12-27)25-20(26-21(15)28)18-3-1-2-7-23-18/h1-5,7,9-10,24H,6,8,11-12H2,(H,25,26,28). The van der Waals surface area contributed by atoms with Gasteiger partial charge < -0.3 is 9.97 Å². The zero-order chi connectivity index (χ0) is 19.1. The number of nitrogens with one attached hydrogen (secondary N) is 2. The molecule has 0 aliphatic carbocycles. The molecule has 2 N–H and O–H groups in total. The molecule has 0 atom stereocenters. The van der Waals surface area contributed by atoms with Crippen LogP contribution in [0.5, 0.6) is 0 Å². The molecule has 7 heteroatoms. The van der Waals surface area contributed by atoms with E-state index in [4.69, 9.17) is 0 Å². The molecule has 1 aromatic carbocycles. The number of halogens is 1.